The molecule has 0 unspecified atom stereocenters. The molecule has 29 heavy (non-hydrogen) atoms. The van der Waals surface area contributed by atoms with Crippen LogP contribution < -0.4 is 15.1 Å². The molecular weight excluding hydrogens is 397 g/mol. The second-order valence-electron chi connectivity index (χ2n) is 6.43. The van der Waals surface area contributed by atoms with E-state index in [1.165, 1.54) is 36.4 Å². The Morgan fingerprint density at radius 3 is 2.31 bits per heavy atom. The smallest absolute Gasteiger partial charge is 0.323 e. The third-order valence-corrected chi connectivity index (χ3v) is 5.76. The first kappa shape index (κ1) is 18.8. The van der Waals surface area contributed by atoms with Crippen LogP contribution in [0.25, 0.3) is 11.0 Å². The zero-order valence-corrected chi connectivity index (χ0v) is 16.0. The summed E-state index contributed by atoms with van der Waals surface area (Å²) in [4.78, 5) is 16.6. The van der Waals surface area contributed by atoms with E-state index in [1.54, 1.807) is 31.2 Å². The molecule has 0 atom stereocenters. The number of aromatic amines is 2. The molecule has 0 spiro atoms. The number of anilines is 1. The van der Waals surface area contributed by atoms with Crippen LogP contribution in [-0.4, -0.2) is 18.4 Å². The fourth-order valence-corrected chi connectivity index (χ4v) is 4.24. The van der Waals surface area contributed by atoms with Gasteiger partial charge in [-0.3, -0.25) is 4.72 Å². The Bertz CT molecular complexity index is 1360. The monoisotopic (exact) mass is 413 g/mol. The zero-order valence-electron chi connectivity index (χ0n) is 15.2. The largest absolute Gasteiger partial charge is 0.457 e. The third kappa shape index (κ3) is 3.99. The lowest BCUT2D eigenvalue weighted by atomic mass is 10.2. The number of ether oxygens (including phenoxy) is 1. The van der Waals surface area contributed by atoms with Crippen molar-refractivity contribution in [3.8, 4) is 11.5 Å². The number of H-pyrrole nitrogens is 2. The number of fused-ring (bicyclic) bond motifs is 1. The van der Waals surface area contributed by atoms with Crippen molar-refractivity contribution in [3.05, 3.63) is 82.5 Å². The van der Waals surface area contributed by atoms with Crippen molar-refractivity contribution in [2.24, 2.45) is 0 Å². The van der Waals surface area contributed by atoms with Gasteiger partial charge in [-0.2, -0.15) is 0 Å². The second-order valence-corrected chi connectivity index (χ2v) is 8.08. The highest BCUT2D eigenvalue weighted by Gasteiger charge is 2.19. The Balaban J connectivity index is 1.56. The number of nitrogens with one attached hydrogen (secondary N) is 3. The van der Waals surface area contributed by atoms with E-state index in [2.05, 4.69) is 14.7 Å². The second kappa shape index (κ2) is 7.10. The molecule has 0 aliphatic carbocycles. The van der Waals surface area contributed by atoms with Crippen LogP contribution in [0.15, 0.2) is 70.4 Å². The molecular formula is C20H16FN3O4S. The molecule has 1 heterocycles. The molecule has 0 aliphatic rings. The predicted octanol–water partition coefficient (Wildman–Crippen LogP) is 3.90. The van der Waals surface area contributed by atoms with Crippen LogP contribution in [0, 0.1) is 12.7 Å². The minimum Gasteiger partial charge on any atom is -0.457 e. The molecule has 0 bridgehead atoms. The maximum absolute atomic E-state index is 13.2. The number of hydrogen-bond donors (Lipinski definition) is 3. The summed E-state index contributed by atoms with van der Waals surface area (Å²) in [7, 11) is -3.88. The molecule has 4 rings (SSSR count). The van der Waals surface area contributed by atoms with Gasteiger partial charge >= 0.3 is 5.69 Å². The normalized spacial score (nSPS) is 11.5. The summed E-state index contributed by atoms with van der Waals surface area (Å²) in [6, 6.07) is 14.9. The number of benzene rings is 3. The Hall–Kier alpha value is -3.59. The van der Waals surface area contributed by atoms with Crippen LogP contribution in [-0.2, 0) is 10.0 Å². The minimum atomic E-state index is -3.88. The van der Waals surface area contributed by atoms with Crippen LogP contribution in [0.5, 0.6) is 11.5 Å². The highest BCUT2D eigenvalue weighted by atomic mass is 32.2. The van der Waals surface area contributed by atoms with Gasteiger partial charge in [-0.1, -0.05) is 6.07 Å². The van der Waals surface area contributed by atoms with Crippen molar-refractivity contribution >= 4 is 26.7 Å². The van der Waals surface area contributed by atoms with Gasteiger partial charge in [0.05, 0.1) is 15.9 Å². The number of imidazole rings is 1. The molecule has 0 aliphatic heterocycles. The predicted molar refractivity (Wildman–Crippen MR) is 107 cm³/mol. The van der Waals surface area contributed by atoms with Gasteiger partial charge in [-0.15, -0.1) is 0 Å². The van der Waals surface area contributed by atoms with E-state index >= 15 is 0 Å². The number of aryl methyl sites for hydroxylation is 1. The molecule has 3 aromatic carbocycles. The van der Waals surface area contributed by atoms with E-state index in [9.17, 15) is 17.6 Å². The van der Waals surface area contributed by atoms with Crippen LogP contribution in [0.3, 0.4) is 0 Å². The van der Waals surface area contributed by atoms with E-state index in [0.717, 1.165) is 0 Å². The third-order valence-electron chi connectivity index (χ3n) is 4.24. The molecule has 0 fully saturated rings. The van der Waals surface area contributed by atoms with E-state index < -0.39 is 21.5 Å². The van der Waals surface area contributed by atoms with Gasteiger partial charge < -0.3 is 14.7 Å². The number of hydrogen-bond acceptors (Lipinski definition) is 4. The van der Waals surface area contributed by atoms with Gasteiger partial charge in [0.1, 0.15) is 17.3 Å². The summed E-state index contributed by atoms with van der Waals surface area (Å²) in [5.74, 6) is 0.354. The van der Waals surface area contributed by atoms with Gasteiger partial charge in [-0.25, -0.2) is 17.6 Å². The fourth-order valence-electron chi connectivity index (χ4n) is 2.93. The van der Waals surface area contributed by atoms with Crippen LogP contribution in [0.1, 0.15) is 5.56 Å². The van der Waals surface area contributed by atoms with E-state index in [-0.39, 0.29) is 4.90 Å². The standard InChI is InChI=1S/C20H16FN3O4S/c1-12-9-17-18(23-20(25)22-17)11-19(12)29(26,27)24-14-5-7-15(8-6-14)28-16-4-2-3-13(21)10-16/h2-11,24H,1H3,(H2,22,23,25). The van der Waals surface area contributed by atoms with Gasteiger partial charge in [-0.05, 0) is 61.0 Å². The van der Waals surface area contributed by atoms with E-state index in [1.807, 2.05) is 0 Å². The summed E-state index contributed by atoms with van der Waals surface area (Å²) in [5.41, 5.74) is 1.35. The van der Waals surface area contributed by atoms with Crippen molar-refractivity contribution in [3.63, 3.8) is 0 Å². The quantitative estimate of drug-likeness (QED) is 0.462. The van der Waals surface area contributed by atoms with Crippen molar-refractivity contribution in [2.45, 2.75) is 11.8 Å². The van der Waals surface area contributed by atoms with Crippen LogP contribution >= 0.6 is 0 Å². The SMILES string of the molecule is Cc1cc2[nH]c(=O)[nH]c2cc1S(=O)(=O)Nc1ccc(Oc2cccc(F)c2)cc1. The lowest BCUT2D eigenvalue weighted by Gasteiger charge is -2.11. The fraction of sp³-hybridized carbons (Fsp3) is 0.0500. The molecule has 0 saturated carbocycles. The molecule has 0 saturated heterocycles. The molecule has 7 nitrogen and oxygen atoms in total. The molecule has 3 N–H and O–H groups in total. The Labute approximate surface area is 165 Å². The van der Waals surface area contributed by atoms with Gasteiger partial charge in [0, 0.05) is 11.8 Å². The summed E-state index contributed by atoms with van der Waals surface area (Å²) in [6.07, 6.45) is 0. The van der Waals surface area contributed by atoms with Crippen LogP contribution in [0.4, 0.5) is 10.1 Å². The van der Waals surface area contributed by atoms with Crippen molar-refractivity contribution in [1.29, 1.82) is 0 Å². The maximum atomic E-state index is 13.2. The molecule has 9 heteroatoms. The summed E-state index contributed by atoms with van der Waals surface area (Å²) in [6.45, 7) is 1.65. The summed E-state index contributed by atoms with van der Waals surface area (Å²) >= 11 is 0. The van der Waals surface area contributed by atoms with Gasteiger partial charge in [0.15, 0.2) is 0 Å². The highest BCUT2D eigenvalue weighted by molar-refractivity contribution is 7.92. The van der Waals surface area contributed by atoms with Crippen molar-refractivity contribution < 1.29 is 17.5 Å². The summed E-state index contributed by atoms with van der Waals surface area (Å²) < 4.78 is 46.9. The number of rotatable bonds is 5. The first-order chi connectivity index (χ1) is 13.8. The zero-order chi connectivity index (χ0) is 20.6. The van der Waals surface area contributed by atoms with Crippen molar-refractivity contribution in [1.82, 2.24) is 9.97 Å². The molecule has 148 valence electrons. The van der Waals surface area contributed by atoms with Gasteiger partial charge in [0.25, 0.3) is 10.0 Å². The number of sulfonamides is 1. The Kier molecular flexibility index (Phi) is 4.59. The number of halogens is 1. The Morgan fingerprint density at radius 1 is 0.931 bits per heavy atom. The van der Waals surface area contributed by atoms with E-state index in [4.69, 9.17) is 4.74 Å². The first-order valence-corrected chi connectivity index (χ1v) is 10.1. The maximum Gasteiger partial charge on any atom is 0.323 e. The average molecular weight is 413 g/mol. The highest BCUT2D eigenvalue weighted by Crippen LogP contribution is 2.26. The first-order valence-electron chi connectivity index (χ1n) is 8.59. The number of aromatic nitrogens is 2. The molecule has 4 aromatic rings. The van der Waals surface area contributed by atoms with E-state index in [0.29, 0.717) is 33.8 Å². The van der Waals surface area contributed by atoms with Gasteiger partial charge in [0.2, 0.25) is 0 Å². The Morgan fingerprint density at radius 2 is 1.62 bits per heavy atom. The topological polar surface area (TPSA) is 104 Å². The van der Waals surface area contributed by atoms with Crippen LogP contribution in [0.2, 0.25) is 0 Å². The van der Waals surface area contributed by atoms with Crippen molar-refractivity contribution in [2.75, 3.05) is 4.72 Å². The lowest BCUT2D eigenvalue weighted by molar-refractivity contribution is 0.477. The minimum absolute atomic E-state index is 0.0559. The summed E-state index contributed by atoms with van der Waals surface area (Å²) in [5, 5.41) is 0. The molecule has 1 aromatic heterocycles. The average Bonchev–Trinajstić information content (AvgIpc) is 3.01. The molecule has 0 amide bonds. The lowest BCUT2D eigenvalue weighted by Crippen LogP contribution is -2.14. The molecule has 0 radical (unpaired) electrons.